The molecule has 0 radical (unpaired) electrons. The molecule has 0 atom stereocenters. The van der Waals surface area contributed by atoms with Gasteiger partial charge < -0.3 is 4.57 Å². The van der Waals surface area contributed by atoms with Crippen LogP contribution in [0.1, 0.15) is 10.4 Å². The van der Waals surface area contributed by atoms with Crippen LogP contribution in [0.15, 0.2) is 120 Å². The molecule has 6 heteroatoms. The van der Waals surface area contributed by atoms with Gasteiger partial charge in [-0.15, -0.1) is 10.2 Å². The number of hydrogen-bond acceptors (Lipinski definition) is 5. The van der Waals surface area contributed by atoms with Crippen molar-refractivity contribution in [3.8, 4) is 33.8 Å². The Balaban J connectivity index is 1.36. The molecule has 2 heterocycles. The first kappa shape index (κ1) is 23.8. The third kappa shape index (κ3) is 4.51. The molecule has 0 spiro atoms. The fourth-order valence-corrected chi connectivity index (χ4v) is 5.43. The second-order valence-electron chi connectivity index (χ2n) is 8.90. The Kier molecular flexibility index (Phi) is 6.54. The number of para-hydroxylation sites is 1. The molecule has 6 aromatic rings. The van der Waals surface area contributed by atoms with Crippen molar-refractivity contribution < 1.29 is 4.79 Å². The first-order valence-corrected chi connectivity index (χ1v) is 13.3. The lowest BCUT2D eigenvalue weighted by Gasteiger charge is -2.10. The summed E-state index contributed by atoms with van der Waals surface area (Å²) in [5.74, 6) is 0.233. The number of nitrogens with zero attached hydrogens (tertiary/aromatic N) is 4. The van der Waals surface area contributed by atoms with Crippen molar-refractivity contribution >= 4 is 28.4 Å². The van der Waals surface area contributed by atoms with Gasteiger partial charge in [-0.25, -0.2) is 4.98 Å². The van der Waals surface area contributed by atoms with Crippen LogP contribution in [0.4, 0.5) is 0 Å². The Morgan fingerprint density at radius 3 is 1.89 bits per heavy atom. The molecule has 0 aliphatic heterocycles. The number of ketones is 1. The number of thioether (sulfide) groups is 1. The SMILES string of the molecule is Cn1c(-c2ccccc2)c(C(=O)CSc2nnc(-c3ccccc3)c(-c3ccccc3)n2)c2ccccc21. The van der Waals surface area contributed by atoms with Gasteiger partial charge in [-0.2, -0.15) is 0 Å². The van der Waals surface area contributed by atoms with Crippen LogP contribution in [0, 0.1) is 0 Å². The molecule has 184 valence electrons. The number of hydrogen-bond donors (Lipinski definition) is 0. The fourth-order valence-electron chi connectivity index (χ4n) is 4.77. The zero-order valence-corrected chi connectivity index (χ0v) is 21.6. The van der Waals surface area contributed by atoms with E-state index in [0.29, 0.717) is 10.9 Å². The maximum atomic E-state index is 13.8. The third-order valence-corrected chi connectivity index (χ3v) is 7.36. The van der Waals surface area contributed by atoms with E-state index in [1.165, 1.54) is 11.8 Å². The molecular formula is C32H24N4OS. The standard InChI is InChI=1S/C32H24N4OS/c1-36-26-20-12-11-19-25(26)28(31(36)24-17-9-4-10-18-24)27(37)21-38-32-33-29(22-13-5-2-6-14-22)30(34-35-32)23-15-7-3-8-16-23/h2-20H,21H2,1H3. The molecule has 0 bridgehead atoms. The maximum Gasteiger partial charge on any atom is 0.210 e. The number of Topliss-reactive ketones (excluding diaryl/α,β-unsaturated/α-hetero) is 1. The monoisotopic (exact) mass is 512 g/mol. The van der Waals surface area contributed by atoms with E-state index in [1.807, 2.05) is 122 Å². The van der Waals surface area contributed by atoms with Crippen LogP contribution in [0.5, 0.6) is 0 Å². The number of carbonyl (C=O) groups is 1. The minimum Gasteiger partial charge on any atom is -0.343 e. The van der Waals surface area contributed by atoms with E-state index in [2.05, 4.69) is 14.8 Å². The number of aryl methyl sites for hydroxylation is 1. The van der Waals surface area contributed by atoms with Gasteiger partial charge in [-0.1, -0.05) is 121 Å². The highest BCUT2D eigenvalue weighted by atomic mass is 32.2. The summed E-state index contributed by atoms with van der Waals surface area (Å²) >= 11 is 1.31. The van der Waals surface area contributed by atoms with Gasteiger partial charge in [0.2, 0.25) is 5.16 Å². The van der Waals surface area contributed by atoms with Gasteiger partial charge in [0.15, 0.2) is 5.78 Å². The van der Waals surface area contributed by atoms with Crippen LogP contribution in [0.2, 0.25) is 0 Å². The van der Waals surface area contributed by atoms with Crippen molar-refractivity contribution in [1.82, 2.24) is 19.7 Å². The van der Waals surface area contributed by atoms with Gasteiger partial charge >= 0.3 is 0 Å². The highest BCUT2D eigenvalue weighted by molar-refractivity contribution is 7.99. The molecule has 0 fully saturated rings. The van der Waals surface area contributed by atoms with E-state index in [1.54, 1.807) is 0 Å². The Labute approximate surface area is 225 Å². The smallest absolute Gasteiger partial charge is 0.210 e. The topological polar surface area (TPSA) is 60.7 Å². The van der Waals surface area contributed by atoms with Crippen molar-refractivity contribution in [3.05, 3.63) is 121 Å². The van der Waals surface area contributed by atoms with Crippen molar-refractivity contribution in [2.24, 2.45) is 7.05 Å². The average molecular weight is 513 g/mol. The lowest BCUT2D eigenvalue weighted by Crippen LogP contribution is -2.06. The van der Waals surface area contributed by atoms with Crippen LogP contribution in [0.25, 0.3) is 44.7 Å². The second-order valence-corrected chi connectivity index (χ2v) is 9.84. The Morgan fingerprint density at radius 1 is 0.684 bits per heavy atom. The summed E-state index contributed by atoms with van der Waals surface area (Å²) in [6, 6.07) is 38.0. The molecule has 6 rings (SSSR count). The van der Waals surface area contributed by atoms with Gasteiger partial charge in [0, 0.05) is 29.1 Å². The van der Waals surface area contributed by atoms with E-state index in [4.69, 9.17) is 4.98 Å². The average Bonchev–Trinajstić information content (AvgIpc) is 3.29. The molecule has 0 unspecified atom stereocenters. The first-order valence-electron chi connectivity index (χ1n) is 12.3. The molecule has 5 nitrogen and oxygen atoms in total. The summed E-state index contributed by atoms with van der Waals surface area (Å²) in [6.45, 7) is 0. The summed E-state index contributed by atoms with van der Waals surface area (Å²) in [6.07, 6.45) is 0. The predicted molar refractivity (Wildman–Crippen MR) is 154 cm³/mol. The molecule has 0 amide bonds. The number of rotatable bonds is 7. The van der Waals surface area contributed by atoms with Crippen LogP contribution in [-0.2, 0) is 7.05 Å². The quantitative estimate of drug-likeness (QED) is 0.165. The minimum atomic E-state index is 0.0302. The van der Waals surface area contributed by atoms with Crippen molar-refractivity contribution in [1.29, 1.82) is 0 Å². The number of fused-ring (bicyclic) bond motifs is 1. The second kappa shape index (κ2) is 10.4. The highest BCUT2D eigenvalue weighted by Gasteiger charge is 2.23. The van der Waals surface area contributed by atoms with Crippen LogP contribution in [-0.4, -0.2) is 31.3 Å². The number of benzene rings is 4. The van der Waals surface area contributed by atoms with Crippen molar-refractivity contribution in [2.75, 3.05) is 5.75 Å². The van der Waals surface area contributed by atoms with Crippen LogP contribution < -0.4 is 0 Å². The van der Waals surface area contributed by atoms with Crippen molar-refractivity contribution in [3.63, 3.8) is 0 Å². The molecule has 4 aromatic carbocycles. The first-order chi connectivity index (χ1) is 18.7. The van der Waals surface area contributed by atoms with E-state index < -0.39 is 0 Å². The summed E-state index contributed by atoms with van der Waals surface area (Å²) in [5.41, 5.74) is 7.04. The number of carbonyl (C=O) groups excluding carboxylic acids is 1. The summed E-state index contributed by atoms with van der Waals surface area (Å²) < 4.78 is 2.10. The molecule has 0 aliphatic rings. The molecule has 0 aliphatic carbocycles. The fraction of sp³-hybridized carbons (Fsp3) is 0.0625. The molecule has 38 heavy (non-hydrogen) atoms. The molecule has 0 saturated carbocycles. The third-order valence-electron chi connectivity index (χ3n) is 6.53. The molecule has 2 aromatic heterocycles. The van der Waals surface area contributed by atoms with E-state index >= 15 is 0 Å². The van der Waals surface area contributed by atoms with Crippen LogP contribution >= 0.6 is 11.8 Å². The zero-order valence-electron chi connectivity index (χ0n) is 20.8. The zero-order chi connectivity index (χ0) is 25.9. The van der Waals surface area contributed by atoms with E-state index in [-0.39, 0.29) is 11.5 Å². The van der Waals surface area contributed by atoms with Gasteiger partial charge in [0.25, 0.3) is 0 Å². The Hall–Kier alpha value is -4.55. The van der Waals surface area contributed by atoms with E-state index in [9.17, 15) is 4.79 Å². The summed E-state index contributed by atoms with van der Waals surface area (Å²) in [7, 11) is 2.01. The van der Waals surface area contributed by atoms with Gasteiger partial charge in [0.1, 0.15) is 11.4 Å². The van der Waals surface area contributed by atoms with Crippen molar-refractivity contribution in [2.45, 2.75) is 5.16 Å². The van der Waals surface area contributed by atoms with E-state index in [0.717, 1.165) is 44.5 Å². The molecule has 0 saturated heterocycles. The molecular weight excluding hydrogens is 488 g/mol. The largest absolute Gasteiger partial charge is 0.343 e. The van der Waals surface area contributed by atoms with Crippen LogP contribution in [0.3, 0.4) is 0 Å². The summed E-state index contributed by atoms with van der Waals surface area (Å²) in [4.78, 5) is 18.6. The number of aromatic nitrogens is 4. The van der Waals surface area contributed by atoms with Gasteiger partial charge in [-0.3, -0.25) is 4.79 Å². The van der Waals surface area contributed by atoms with Gasteiger partial charge in [0.05, 0.1) is 17.0 Å². The molecule has 0 N–H and O–H groups in total. The minimum absolute atomic E-state index is 0.0302. The normalized spacial score (nSPS) is 11.1. The highest BCUT2D eigenvalue weighted by Crippen LogP contribution is 2.35. The summed E-state index contributed by atoms with van der Waals surface area (Å²) in [5, 5.41) is 10.4. The predicted octanol–water partition coefficient (Wildman–Crippen LogP) is 7.34. The lowest BCUT2D eigenvalue weighted by molar-refractivity contribution is 0.102. The Morgan fingerprint density at radius 2 is 1.24 bits per heavy atom. The van der Waals surface area contributed by atoms with Gasteiger partial charge in [-0.05, 0) is 11.6 Å². The Bertz CT molecular complexity index is 1730. The maximum absolute atomic E-state index is 13.8. The lowest BCUT2D eigenvalue weighted by atomic mass is 10.0.